The molecule has 0 saturated carbocycles. The fraction of sp³-hybridized carbons (Fsp3) is 0.364. The van der Waals surface area contributed by atoms with E-state index in [-0.39, 0.29) is 6.09 Å². The fourth-order valence-electron chi connectivity index (χ4n) is 1.14. The monoisotopic (exact) mass is 193 g/mol. The standard InChI is InChI=1S/C11H15NO2/c1-3-12(4-2)11(13)14-10-8-6-5-7-9-10/h5-9H,3-4H2,1-2H3. The minimum atomic E-state index is -0.291. The summed E-state index contributed by atoms with van der Waals surface area (Å²) in [5.41, 5.74) is 0. The SMILES string of the molecule is CCN(CC)C(=O)Oc1ccccc1. The van der Waals surface area contributed by atoms with E-state index in [2.05, 4.69) is 0 Å². The summed E-state index contributed by atoms with van der Waals surface area (Å²) >= 11 is 0. The van der Waals surface area contributed by atoms with Crippen LogP contribution in [0.15, 0.2) is 30.3 Å². The molecule has 0 unspecified atom stereocenters. The van der Waals surface area contributed by atoms with Crippen LogP contribution in [0.3, 0.4) is 0 Å². The van der Waals surface area contributed by atoms with Crippen LogP contribution < -0.4 is 4.74 Å². The molecule has 0 radical (unpaired) electrons. The van der Waals surface area contributed by atoms with Crippen molar-refractivity contribution < 1.29 is 9.53 Å². The number of hydrogen-bond donors (Lipinski definition) is 0. The molecule has 0 aromatic heterocycles. The third-order valence-corrected chi connectivity index (χ3v) is 1.97. The highest BCUT2D eigenvalue weighted by Gasteiger charge is 2.10. The molecule has 0 bridgehead atoms. The summed E-state index contributed by atoms with van der Waals surface area (Å²) in [5.74, 6) is 0.587. The van der Waals surface area contributed by atoms with Crippen molar-refractivity contribution in [1.82, 2.24) is 4.90 Å². The zero-order valence-corrected chi connectivity index (χ0v) is 8.56. The number of benzene rings is 1. The number of carbonyl (C=O) groups is 1. The van der Waals surface area contributed by atoms with E-state index >= 15 is 0 Å². The molecular formula is C11H15NO2. The lowest BCUT2D eigenvalue weighted by Gasteiger charge is -2.17. The second-order valence-electron chi connectivity index (χ2n) is 2.85. The molecule has 3 heteroatoms. The molecule has 0 aliphatic carbocycles. The summed E-state index contributed by atoms with van der Waals surface area (Å²) in [6.45, 7) is 5.19. The molecule has 0 aliphatic heterocycles. The first-order valence-electron chi connectivity index (χ1n) is 4.79. The maximum absolute atomic E-state index is 11.5. The van der Waals surface area contributed by atoms with Crippen LogP contribution in [0.5, 0.6) is 5.75 Å². The largest absolute Gasteiger partial charge is 0.415 e. The summed E-state index contributed by atoms with van der Waals surface area (Å²) in [5, 5.41) is 0. The summed E-state index contributed by atoms with van der Waals surface area (Å²) in [7, 11) is 0. The van der Waals surface area contributed by atoms with E-state index in [0.29, 0.717) is 18.8 Å². The van der Waals surface area contributed by atoms with E-state index in [1.807, 2.05) is 32.0 Å². The molecule has 0 spiro atoms. The van der Waals surface area contributed by atoms with Crippen LogP contribution in [0, 0.1) is 0 Å². The van der Waals surface area contributed by atoms with Gasteiger partial charge in [-0.15, -0.1) is 0 Å². The Labute approximate surface area is 84.3 Å². The molecule has 0 saturated heterocycles. The number of rotatable bonds is 3. The Bertz CT molecular complexity index is 281. The van der Waals surface area contributed by atoms with Crippen molar-refractivity contribution in [3.05, 3.63) is 30.3 Å². The van der Waals surface area contributed by atoms with E-state index in [0.717, 1.165) is 0 Å². The van der Waals surface area contributed by atoms with Crippen molar-refractivity contribution in [3.8, 4) is 5.75 Å². The van der Waals surface area contributed by atoms with Crippen molar-refractivity contribution in [1.29, 1.82) is 0 Å². The molecule has 1 aromatic rings. The van der Waals surface area contributed by atoms with Crippen LogP contribution in [0.1, 0.15) is 13.8 Å². The number of para-hydroxylation sites is 1. The summed E-state index contributed by atoms with van der Waals surface area (Å²) in [6, 6.07) is 9.09. The van der Waals surface area contributed by atoms with E-state index in [4.69, 9.17) is 4.74 Å². The zero-order chi connectivity index (χ0) is 10.4. The average molecular weight is 193 g/mol. The molecule has 1 rings (SSSR count). The number of amides is 1. The Morgan fingerprint density at radius 3 is 2.29 bits per heavy atom. The van der Waals surface area contributed by atoms with Gasteiger partial charge in [-0.3, -0.25) is 0 Å². The molecule has 3 nitrogen and oxygen atoms in total. The molecule has 1 amide bonds. The Morgan fingerprint density at radius 2 is 1.79 bits per heavy atom. The zero-order valence-electron chi connectivity index (χ0n) is 8.56. The van der Waals surface area contributed by atoms with Crippen LogP contribution in [-0.4, -0.2) is 24.1 Å². The summed E-state index contributed by atoms with van der Waals surface area (Å²) in [4.78, 5) is 13.1. The summed E-state index contributed by atoms with van der Waals surface area (Å²) < 4.78 is 5.15. The number of carbonyl (C=O) groups excluding carboxylic acids is 1. The molecule has 14 heavy (non-hydrogen) atoms. The van der Waals surface area contributed by atoms with Gasteiger partial charge in [0.15, 0.2) is 0 Å². The molecule has 0 atom stereocenters. The fourth-order valence-corrected chi connectivity index (χ4v) is 1.14. The van der Waals surface area contributed by atoms with E-state index in [1.165, 1.54) is 0 Å². The molecular weight excluding hydrogens is 178 g/mol. The van der Waals surface area contributed by atoms with Gasteiger partial charge in [0.25, 0.3) is 0 Å². The van der Waals surface area contributed by atoms with Gasteiger partial charge in [0, 0.05) is 13.1 Å². The topological polar surface area (TPSA) is 29.5 Å². The number of nitrogens with zero attached hydrogens (tertiary/aromatic N) is 1. The maximum atomic E-state index is 11.5. The number of ether oxygens (including phenoxy) is 1. The summed E-state index contributed by atoms with van der Waals surface area (Å²) in [6.07, 6.45) is -0.291. The van der Waals surface area contributed by atoms with Gasteiger partial charge in [0.05, 0.1) is 0 Å². The molecule has 1 aromatic carbocycles. The van der Waals surface area contributed by atoms with Crippen molar-refractivity contribution in [2.75, 3.05) is 13.1 Å². The van der Waals surface area contributed by atoms with Crippen LogP contribution in [-0.2, 0) is 0 Å². The van der Waals surface area contributed by atoms with Crippen molar-refractivity contribution in [3.63, 3.8) is 0 Å². The highest BCUT2D eigenvalue weighted by atomic mass is 16.6. The van der Waals surface area contributed by atoms with Crippen LogP contribution >= 0.6 is 0 Å². The Hall–Kier alpha value is -1.51. The normalized spacial score (nSPS) is 9.57. The lowest BCUT2D eigenvalue weighted by Crippen LogP contribution is -2.33. The third kappa shape index (κ3) is 2.76. The van der Waals surface area contributed by atoms with Gasteiger partial charge in [-0.2, -0.15) is 0 Å². The predicted octanol–water partition coefficient (Wildman–Crippen LogP) is 2.53. The smallest absolute Gasteiger partial charge is 0.410 e. The minimum Gasteiger partial charge on any atom is -0.410 e. The van der Waals surface area contributed by atoms with Gasteiger partial charge >= 0.3 is 6.09 Å². The Morgan fingerprint density at radius 1 is 1.21 bits per heavy atom. The molecule has 0 aliphatic rings. The van der Waals surface area contributed by atoms with E-state index in [9.17, 15) is 4.79 Å². The quantitative estimate of drug-likeness (QED) is 0.738. The van der Waals surface area contributed by atoms with Gasteiger partial charge in [0.2, 0.25) is 0 Å². The van der Waals surface area contributed by atoms with Crippen LogP contribution in [0.2, 0.25) is 0 Å². The lowest BCUT2D eigenvalue weighted by atomic mass is 10.3. The predicted molar refractivity (Wildman–Crippen MR) is 55.4 cm³/mol. The third-order valence-electron chi connectivity index (χ3n) is 1.97. The van der Waals surface area contributed by atoms with Crippen LogP contribution in [0.25, 0.3) is 0 Å². The highest BCUT2D eigenvalue weighted by molar-refractivity contribution is 5.70. The van der Waals surface area contributed by atoms with Gasteiger partial charge in [-0.05, 0) is 26.0 Å². The first-order valence-corrected chi connectivity index (χ1v) is 4.79. The van der Waals surface area contributed by atoms with Crippen molar-refractivity contribution >= 4 is 6.09 Å². The highest BCUT2D eigenvalue weighted by Crippen LogP contribution is 2.09. The Kier molecular flexibility index (Phi) is 3.98. The minimum absolute atomic E-state index is 0.291. The molecule has 0 N–H and O–H groups in total. The lowest BCUT2D eigenvalue weighted by molar-refractivity contribution is 0.157. The van der Waals surface area contributed by atoms with Gasteiger partial charge in [-0.25, -0.2) is 4.79 Å². The van der Waals surface area contributed by atoms with Crippen LogP contribution in [0.4, 0.5) is 4.79 Å². The Balaban J connectivity index is 2.57. The van der Waals surface area contributed by atoms with E-state index < -0.39 is 0 Å². The average Bonchev–Trinajstić information content (AvgIpc) is 2.21. The molecule has 76 valence electrons. The van der Waals surface area contributed by atoms with Gasteiger partial charge < -0.3 is 9.64 Å². The van der Waals surface area contributed by atoms with Crippen molar-refractivity contribution in [2.24, 2.45) is 0 Å². The first-order chi connectivity index (χ1) is 6.77. The van der Waals surface area contributed by atoms with Gasteiger partial charge in [0.1, 0.15) is 5.75 Å². The van der Waals surface area contributed by atoms with Gasteiger partial charge in [-0.1, -0.05) is 18.2 Å². The second-order valence-corrected chi connectivity index (χ2v) is 2.85. The first kappa shape index (κ1) is 10.6. The van der Waals surface area contributed by atoms with Crippen molar-refractivity contribution in [2.45, 2.75) is 13.8 Å². The number of hydrogen-bond acceptors (Lipinski definition) is 2. The molecule has 0 fully saturated rings. The van der Waals surface area contributed by atoms with E-state index in [1.54, 1.807) is 17.0 Å². The second kappa shape index (κ2) is 5.27. The molecule has 0 heterocycles. The maximum Gasteiger partial charge on any atom is 0.415 e.